The Kier molecular flexibility index (Phi) is 1.72. The zero-order valence-electron chi connectivity index (χ0n) is 6.02. The molecular formula is C8H4N2OS. The highest BCUT2D eigenvalue weighted by molar-refractivity contribution is 8.03. The van der Waals surface area contributed by atoms with Crippen molar-refractivity contribution in [2.45, 2.75) is 5.03 Å². The van der Waals surface area contributed by atoms with Crippen molar-refractivity contribution in [2.75, 3.05) is 0 Å². The van der Waals surface area contributed by atoms with Gasteiger partial charge in [-0.2, -0.15) is 5.26 Å². The van der Waals surface area contributed by atoms with Gasteiger partial charge in [-0.3, -0.25) is 0 Å². The van der Waals surface area contributed by atoms with E-state index < -0.39 is 0 Å². The van der Waals surface area contributed by atoms with Crippen LogP contribution in [0.1, 0.15) is 0 Å². The summed E-state index contributed by atoms with van der Waals surface area (Å²) in [5.74, 6) is 0. The maximum absolute atomic E-state index is 8.43. The number of nitrogens with zero attached hydrogens (tertiary/aromatic N) is 2. The van der Waals surface area contributed by atoms with Crippen LogP contribution in [0.4, 0.5) is 0 Å². The molecule has 3 nitrogen and oxygen atoms in total. The lowest BCUT2D eigenvalue weighted by molar-refractivity contribution is 0.437. The molecule has 0 unspecified atom stereocenters. The van der Waals surface area contributed by atoms with E-state index in [-0.39, 0.29) is 0 Å². The highest BCUT2D eigenvalue weighted by Crippen LogP contribution is 2.25. The molecule has 0 N–H and O–H groups in total. The predicted molar refractivity (Wildman–Crippen MR) is 45.5 cm³/mol. The fraction of sp³-hybridized carbons (Fsp3) is 0. The summed E-state index contributed by atoms with van der Waals surface area (Å²) in [6.07, 6.45) is 0. The minimum atomic E-state index is 0.633. The molecule has 0 aliphatic rings. The number of para-hydroxylation sites is 1. The van der Waals surface area contributed by atoms with E-state index in [1.165, 1.54) is 0 Å². The summed E-state index contributed by atoms with van der Waals surface area (Å²) in [4.78, 5) is 0. The van der Waals surface area contributed by atoms with Gasteiger partial charge in [0.1, 0.15) is 5.40 Å². The van der Waals surface area contributed by atoms with Crippen molar-refractivity contribution in [3.63, 3.8) is 0 Å². The zero-order valence-corrected chi connectivity index (χ0v) is 6.84. The summed E-state index contributed by atoms with van der Waals surface area (Å²) in [6.45, 7) is 0. The summed E-state index contributed by atoms with van der Waals surface area (Å²) in [5.41, 5.74) is 0.718. The topological polar surface area (TPSA) is 49.8 Å². The summed E-state index contributed by atoms with van der Waals surface area (Å²) in [5, 5.41) is 15.7. The van der Waals surface area contributed by atoms with Gasteiger partial charge in [0, 0.05) is 11.8 Å². The zero-order chi connectivity index (χ0) is 8.39. The van der Waals surface area contributed by atoms with Crippen molar-refractivity contribution in [2.24, 2.45) is 0 Å². The van der Waals surface area contributed by atoms with E-state index in [1.807, 2.05) is 29.7 Å². The lowest BCUT2D eigenvalue weighted by atomic mass is 10.3. The fourth-order valence-corrected chi connectivity index (χ4v) is 1.42. The van der Waals surface area contributed by atoms with E-state index in [0.29, 0.717) is 5.03 Å². The standard InChI is InChI=1S/C8H4N2OS/c9-5-12-8-6-3-1-2-4-7(6)11-10-8/h1-4H. The first kappa shape index (κ1) is 7.19. The van der Waals surface area contributed by atoms with E-state index in [1.54, 1.807) is 0 Å². The quantitative estimate of drug-likeness (QED) is 0.494. The van der Waals surface area contributed by atoms with Gasteiger partial charge in [-0.15, -0.1) is 0 Å². The van der Waals surface area contributed by atoms with Gasteiger partial charge in [0.25, 0.3) is 0 Å². The maximum Gasteiger partial charge on any atom is 0.168 e. The molecule has 58 valence electrons. The Hall–Kier alpha value is -1.47. The molecule has 0 saturated carbocycles. The summed E-state index contributed by atoms with van der Waals surface area (Å²) < 4.78 is 4.98. The lowest BCUT2D eigenvalue weighted by Crippen LogP contribution is -1.66. The summed E-state index contributed by atoms with van der Waals surface area (Å²) in [7, 11) is 0. The third-order valence-corrected chi connectivity index (χ3v) is 2.07. The molecule has 0 amide bonds. The molecule has 2 rings (SSSR count). The maximum atomic E-state index is 8.43. The molecule has 0 fully saturated rings. The lowest BCUT2D eigenvalue weighted by Gasteiger charge is -1.83. The van der Waals surface area contributed by atoms with Crippen molar-refractivity contribution in [3.8, 4) is 5.40 Å². The van der Waals surface area contributed by atoms with Crippen molar-refractivity contribution in [3.05, 3.63) is 24.3 Å². The van der Waals surface area contributed by atoms with Gasteiger partial charge in [-0.25, -0.2) is 0 Å². The van der Waals surface area contributed by atoms with Gasteiger partial charge in [0.05, 0.1) is 5.39 Å². The molecule has 1 aromatic heterocycles. The van der Waals surface area contributed by atoms with E-state index in [9.17, 15) is 0 Å². The molecule has 4 heteroatoms. The van der Waals surface area contributed by atoms with Gasteiger partial charge >= 0.3 is 0 Å². The smallest absolute Gasteiger partial charge is 0.168 e. The first-order valence-corrected chi connectivity index (χ1v) is 4.14. The first-order chi connectivity index (χ1) is 5.92. The summed E-state index contributed by atoms with van der Waals surface area (Å²) >= 11 is 1.01. The largest absolute Gasteiger partial charge is 0.355 e. The normalized spacial score (nSPS) is 9.92. The van der Waals surface area contributed by atoms with Crippen LogP contribution in [0.5, 0.6) is 0 Å². The minimum Gasteiger partial charge on any atom is -0.355 e. The van der Waals surface area contributed by atoms with E-state index in [0.717, 1.165) is 22.7 Å². The molecule has 12 heavy (non-hydrogen) atoms. The Morgan fingerprint density at radius 2 is 2.25 bits per heavy atom. The van der Waals surface area contributed by atoms with E-state index in [2.05, 4.69) is 5.16 Å². The average Bonchev–Trinajstić information content (AvgIpc) is 2.50. The molecule has 1 heterocycles. The van der Waals surface area contributed by atoms with Crippen molar-refractivity contribution >= 4 is 22.7 Å². The second-order valence-corrected chi connectivity index (χ2v) is 2.95. The highest BCUT2D eigenvalue weighted by atomic mass is 32.2. The minimum absolute atomic E-state index is 0.633. The van der Waals surface area contributed by atoms with Crippen LogP contribution in [0.3, 0.4) is 0 Å². The number of thioether (sulfide) groups is 1. The van der Waals surface area contributed by atoms with Crippen LogP contribution in [0.15, 0.2) is 33.8 Å². The van der Waals surface area contributed by atoms with Gasteiger partial charge < -0.3 is 4.52 Å². The number of fused-ring (bicyclic) bond motifs is 1. The predicted octanol–water partition coefficient (Wildman–Crippen LogP) is 2.40. The van der Waals surface area contributed by atoms with Crippen molar-refractivity contribution in [1.82, 2.24) is 5.16 Å². The monoisotopic (exact) mass is 176 g/mol. The molecule has 0 aliphatic carbocycles. The number of hydrogen-bond acceptors (Lipinski definition) is 4. The molecule has 0 spiro atoms. The van der Waals surface area contributed by atoms with Gasteiger partial charge in [-0.1, -0.05) is 17.3 Å². The van der Waals surface area contributed by atoms with Crippen LogP contribution >= 0.6 is 11.8 Å². The van der Waals surface area contributed by atoms with Crippen LogP contribution in [0.25, 0.3) is 11.0 Å². The van der Waals surface area contributed by atoms with Crippen LogP contribution in [-0.4, -0.2) is 5.16 Å². The molecule has 0 radical (unpaired) electrons. The van der Waals surface area contributed by atoms with E-state index in [4.69, 9.17) is 9.78 Å². The fourth-order valence-electron chi connectivity index (χ4n) is 0.980. The SMILES string of the molecule is N#CSc1noc2ccccc12. The van der Waals surface area contributed by atoms with Gasteiger partial charge in [0.15, 0.2) is 10.6 Å². The molecule has 0 saturated heterocycles. The van der Waals surface area contributed by atoms with Crippen LogP contribution < -0.4 is 0 Å². The Labute approximate surface area is 73.0 Å². The Balaban J connectivity index is 2.64. The Morgan fingerprint density at radius 1 is 1.42 bits per heavy atom. The van der Waals surface area contributed by atoms with Gasteiger partial charge in [0.2, 0.25) is 0 Å². The average molecular weight is 176 g/mol. The highest BCUT2D eigenvalue weighted by Gasteiger charge is 2.06. The number of aromatic nitrogens is 1. The third-order valence-electron chi connectivity index (χ3n) is 1.49. The summed E-state index contributed by atoms with van der Waals surface area (Å²) in [6, 6.07) is 7.46. The van der Waals surface area contributed by atoms with Gasteiger partial charge in [-0.05, 0) is 12.1 Å². The van der Waals surface area contributed by atoms with Crippen LogP contribution in [0, 0.1) is 10.7 Å². The second-order valence-electron chi connectivity index (χ2n) is 2.18. The number of rotatable bonds is 1. The second kappa shape index (κ2) is 2.88. The molecule has 0 aliphatic heterocycles. The molecule has 0 bridgehead atoms. The number of nitriles is 1. The molecular weight excluding hydrogens is 172 g/mol. The van der Waals surface area contributed by atoms with E-state index >= 15 is 0 Å². The Bertz CT molecular complexity index is 443. The Morgan fingerprint density at radius 3 is 3.08 bits per heavy atom. The first-order valence-electron chi connectivity index (χ1n) is 3.32. The van der Waals surface area contributed by atoms with Crippen LogP contribution in [-0.2, 0) is 0 Å². The number of benzene rings is 1. The van der Waals surface area contributed by atoms with Crippen LogP contribution in [0.2, 0.25) is 0 Å². The van der Waals surface area contributed by atoms with Crippen molar-refractivity contribution < 1.29 is 4.52 Å². The number of hydrogen-bond donors (Lipinski definition) is 0. The molecule has 0 atom stereocenters. The third kappa shape index (κ3) is 1.04. The molecule has 1 aromatic carbocycles. The van der Waals surface area contributed by atoms with Crippen molar-refractivity contribution in [1.29, 1.82) is 5.26 Å². The molecule has 2 aromatic rings. The number of thiocyanates is 1.